The molecular weight excluding hydrogens is 156 g/mol. The minimum atomic E-state index is -0.602. The van der Waals surface area contributed by atoms with Crippen LogP contribution in [0.15, 0.2) is 0 Å². The number of nitrogens with one attached hydrogen (secondary N) is 2. The molecule has 0 fully saturated rings. The summed E-state index contributed by atoms with van der Waals surface area (Å²) in [5.41, 5.74) is 3.48. The lowest BCUT2D eigenvalue weighted by Crippen LogP contribution is -2.43. The van der Waals surface area contributed by atoms with Crippen LogP contribution in [0.4, 0.5) is 4.79 Å². The molecule has 0 saturated carbocycles. The summed E-state index contributed by atoms with van der Waals surface area (Å²) in [5.74, 6) is 9.08. The Morgan fingerprint density at radius 3 is 1.50 bits per heavy atom. The van der Waals surface area contributed by atoms with Crippen LogP contribution in [-0.4, -0.2) is 6.03 Å². The quantitative estimate of drug-likeness (QED) is 0.220. The summed E-state index contributed by atoms with van der Waals surface area (Å²) < 4.78 is 0. The van der Waals surface area contributed by atoms with E-state index >= 15 is 0 Å². The summed E-state index contributed by atoms with van der Waals surface area (Å²) in [4.78, 5) is 9.71. The molecule has 0 spiro atoms. The average Bonchev–Trinajstić information content (AvgIpc) is 2.14. The van der Waals surface area contributed by atoms with Gasteiger partial charge in [-0.3, -0.25) is 10.9 Å². The summed E-state index contributed by atoms with van der Waals surface area (Å²) in [6.07, 6.45) is 5.54. The van der Waals surface area contributed by atoms with Crippen LogP contribution in [0, 0.1) is 0 Å². The Morgan fingerprint density at radius 1 is 1.08 bits per heavy atom. The molecule has 0 saturated heterocycles. The van der Waals surface area contributed by atoms with Crippen molar-refractivity contribution in [2.45, 2.75) is 39.5 Å². The van der Waals surface area contributed by atoms with Gasteiger partial charge < -0.3 is 0 Å². The van der Waals surface area contributed by atoms with E-state index in [1.54, 1.807) is 10.9 Å². The van der Waals surface area contributed by atoms with Crippen LogP contribution >= 0.6 is 0 Å². The number of hydrogen-bond acceptors (Lipinski definition) is 3. The number of unbranched alkanes of at least 4 members (excludes halogenated alkanes) is 3. The molecule has 0 aromatic heterocycles. The molecular formula is C7H20N4O. The van der Waals surface area contributed by atoms with E-state index in [1.165, 1.54) is 25.7 Å². The second-order valence-corrected chi connectivity index (χ2v) is 2.32. The highest BCUT2D eigenvalue weighted by atomic mass is 16.2. The van der Waals surface area contributed by atoms with Crippen molar-refractivity contribution in [1.29, 1.82) is 0 Å². The van der Waals surface area contributed by atoms with Gasteiger partial charge in [0.25, 0.3) is 0 Å². The van der Waals surface area contributed by atoms with Crippen LogP contribution < -0.4 is 22.5 Å². The first-order chi connectivity index (χ1) is 5.72. The second kappa shape index (κ2) is 12.8. The first-order valence-electron chi connectivity index (χ1n) is 4.20. The predicted molar refractivity (Wildman–Crippen MR) is 49.9 cm³/mol. The van der Waals surface area contributed by atoms with E-state index in [0.717, 1.165) is 0 Å². The van der Waals surface area contributed by atoms with E-state index in [4.69, 9.17) is 0 Å². The number of carbonyl (C=O) groups excluding carboxylic acids is 1. The minimum absolute atomic E-state index is 0.602. The van der Waals surface area contributed by atoms with Crippen molar-refractivity contribution in [3.05, 3.63) is 0 Å². The fourth-order valence-corrected chi connectivity index (χ4v) is 0.542. The molecule has 0 aliphatic rings. The molecule has 5 nitrogen and oxygen atoms in total. The maximum Gasteiger partial charge on any atom is 0.343 e. The number of nitrogens with two attached hydrogens (primary N) is 2. The van der Waals surface area contributed by atoms with Crippen LogP contribution in [0.3, 0.4) is 0 Å². The second-order valence-electron chi connectivity index (χ2n) is 2.32. The molecule has 6 N–H and O–H groups in total. The van der Waals surface area contributed by atoms with Gasteiger partial charge in [-0.25, -0.2) is 16.5 Å². The van der Waals surface area contributed by atoms with Gasteiger partial charge in [0.05, 0.1) is 0 Å². The van der Waals surface area contributed by atoms with E-state index in [0.29, 0.717) is 0 Å². The molecule has 12 heavy (non-hydrogen) atoms. The fourth-order valence-electron chi connectivity index (χ4n) is 0.542. The molecule has 0 aromatic carbocycles. The molecule has 0 aliphatic carbocycles. The van der Waals surface area contributed by atoms with Gasteiger partial charge in [-0.05, 0) is 0 Å². The van der Waals surface area contributed by atoms with Gasteiger partial charge in [0.1, 0.15) is 0 Å². The van der Waals surface area contributed by atoms with Gasteiger partial charge in [-0.1, -0.05) is 39.5 Å². The molecule has 0 atom stereocenters. The molecule has 0 unspecified atom stereocenters. The van der Waals surface area contributed by atoms with Gasteiger partial charge in [-0.15, -0.1) is 0 Å². The highest BCUT2D eigenvalue weighted by Crippen LogP contribution is 1.95. The SMILES string of the molecule is CCCCCC.NNC(=O)NN. The first-order valence-corrected chi connectivity index (χ1v) is 4.20. The van der Waals surface area contributed by atoms with Crippen molar-refractivity contribution in [2.24, 2.45) is 11.7 Å². The lowest BCUT2D eigenvalue weighted by molar-refractivity contribution is 0.241. The molecule has 74 valence electrons. The molecule has 0 aromatic rings. The lowest BCUT2D eigenvalue weighted by atomic mass is 10.2. The van der Waals surface area contributed by atoms with Crippen molar-refractivity contribution >= 4 is 6.03 Å². The van der Waals surface area contributed by atoms with Crippen LogP contribution in [-0.2, 0) is 0 Å². The first kappa shape index (κ1) is 13.8. The highest BCUT2D eigenvalue weighted by molar-refractivity contribution is 5.72. The summed E-state index contributed by atoms with van der Waals surface area (Å²) in [7, 11) is 0. The smallest absolute Gasteiger partial charge is 0.275 e. The van der Waals surface area contributed by atoms with Gasteiger partial charge >= 0.3 is 6.03 Å². The topological polar surface area (TPSA) is 93.2 Å². The van der Waals surface area contributed by atoms with Gasteiger partial charge in [0, 0.05) is 0 Å². The van der Waals surface area contributed by atoms with E-state index in [9.17, 15) is 4.79 Å². The zero-order valence-electron chi connectivity index (χ0n) is 7.89. The van der Waals surface area contributed by atoms with Gasteiger partial charge in [-0.2, -0.15) is 0 Å². The van der Waals surface area contributed by atoms with Gasteiger partial charge in [0.15, 0.2) is 0 Å². The minimum Gasteiger partial charge on any atom is -0.275 e. The number of hydrogen-bond donors (Lipinski definition) is 4. The Kier molecular flexibility index (Phi) is 14.7. The predicted octanol–water partition coefficient (Wildman–Crippen LogP) is 0.620. The molecule has 5 heteroatoms. The van der Waals surface area contributed by atoms with Crippen LogP contribution in [0.1, 0.15) is 39.5 Å². The third kappa shape index (κ3) is 16.1. The summed E-state index contributed by atoms with van der Waals surface area (Å²) in [6, 6.07) is -0.602. The number of urea groups is 1. The Bertz CT molecular complexity index is 87.4. The van der Waals surface area contributed by atoms with Crippen LogP contribution in [0.5, 0.6) is 0 Å². The van der Waals surface area contributed by atoms with Crippen molar-refractivity contribution in [2.75, 3.05) is 0 Å². The fraction of sp³-hybridized carbons (Fsp3) is 0.857. The van der Waals surface area contributed by atoms with Crippen LogP contribution in [0.25, 0.3) is 0 Å². The normalized spacial score (nSPS) is 8.00. The maximum atomic E-state index is 9.71. The van der Waals surface area contributed by atoms with Crippen molar-refractivity contribution in [3.8, 4) is 0 Å². The standard InChI is InChI=1S/C6H14.CH6N4O/c1-3-5-6-4-2;2-4-1(6)5-3/h3-6H2,1-2H3;2-3H2,(H2,4,5,6). The van der Waals surface area contributed by atoms with E-state index in [1.807, 2.05) is 0 Å². The molecule has 0 radical (unpaired) electrons. The number of rotatable bonds is 3. The summed E-state index contributed by atoms with van der Waals surface area (Å²) in [6.45, 7) is 4.46. The monoisotopic (exact) mass is 176 g/mol. The summed E-state index contributed by atoms with van der Waals surface area (Å²) in [5, 5.41) is 0. The van der Waals surface area contributed by atoms with Crippen molar-refractivity contribution in [3.63, 3.8) is 0 Å². The Hall–Kier alpha value is -0.810. The molecule has 0 rings (SSSR count). The lowest BCUT2D eigenvalue weighted by Gasteiger charge is -1.90. The number of carbonyl (C=O) groups is 1. The Labute approximate surface area is 73.8 Å². The summed E-state index contributed by atoms with van der Waals surface area (Å²) >= 11 is 0. The Balaban J connectivity index is 0. The van der Waals surface area contributed by atoms with E-state index in [2.05, 4.69) is 25.5 Å². The number of amides is 2. The molecule has 2 amide bonds. The molecule has 0 heterocycles. The highest BCUT2D eigenvalue weighted by Gasteiger charge is 1.83. The largest absolute Gasteiger partial charge is 0.343 e. The van der Waals surface area contributed by atoms with Crippen molar-refractivity contribution < 1.29 is 4.79 Å². The molecule has 0 aliphatic heterocycles. The third-order valence-corrected chi connectivity index (χ3v) is 1.22. The van der Waals surface area contributed by atoms with E-state index < -0.39 is 6.03 Å². The average molecular weight is 176 g/mol. The van der Waals surface area contributed by atoms with Gasteiger partial charge in [0.2, 0.25) is 0 Å². The Morgan fingerprint density at radius 2 is 1.42 bits per heavy atom. The maximum absolute atomic E-state index is 9.71. The van der Waals surface area contributed by atoms with E-state index in [-0.39, 0.29) is 0 Å². The number of hydrazine groups is 2. The zero-order chi connectivity index (χ0) is 9.82. The van der Waals surface area contributed by atoms with Crippen LogP contribution in [0.2, 0.25) is 0 Å². The van der Waals surface area contributed by atoms with Crippen molar-refractivity contribution in [1.82, 2.24) is 10.9 Å². The molecule has 0 bridgehead atoms. The third-order valence-electron chi connectivity index (χ3n) is 1.22. The zero-order valence-corrected chi connectivity index (χ0v) is 7.89.